The number of rotatable bonds is 4. The molecule has 23 heavy (non-hydrogen) atoms. The summed E-state index contributed by atoms with van der Waals surface area (Å²) in [6, 6.07) is 10.7. The fourth-order valence-corrected chi connectivity index (χ4v) is 3.59. The number of carbonyl (C=O) groups is 1. The molecule has 1 aromatic carbocycles. The van der Waals surface area contributed by atoms with Gasteiger partial charge in [0.15, 0.2) is 5.78 Å². The van der Waals surface area contributed by atoms with Crippen molar-refractivity contribution in [1.82, 2.24) is 4.98 Å². The van der Waals surface area contributed by atoms with Gasteiger partial charge in [-0.05, 0) is 41.8 Å². The van der Waals surface area contributed by atoms with Crippen LogP contribution < -0.4 is 19.5 Å². The van der Waals surface area contributed by atoms with Gasteiger partial charge < -0.3 is 9.72 Å². The van der Waals surface area contributed by atoms with E-state index >= 15 is 0 Å². The van der Waals surface area contributed by atoms with Crippen molar-refractivity contribution in [2.45, 2.75) is 0 Å². The van der Waals surface area contributed by atoms with Crippen LogP contribution in [0.2, 0.25) is 0 Å². The van der Waals surface area contributed by atoms with Crippen molar-refractivity contribution in [3.05, 3.63) is 71.8 Å². The van der Waals surface area contributed by atoms with Gasteiger partial charge in [-0.15, -0.1) is 22.7 Å². The zero-order chi connectivity index (χ0) is 16.2. The van der Waals surface area contributed by atoms with Crippen LogP contribution in [0, 0.1) is 0 Å². The minimum atomic E-state index is -0.183. The number of thiazole rings is 1. The summed E-state index contributed by atoms with van der Waals surface area (Å²) >= 11 is 2.83. The second-order valence-corrected chi connectivity index (χ2v) is 6.74. The highest BCUT2D eigenvalue weighted by Gasteiger charge is 2.04. The summed E-state index contributed by atoms with van der Waals surface area (Å²) in [4.78, 5) is 27.9. The highest BCUT2D eigenvalue weighted by atomic mass is 32.1. The molecule has 6 heteroatoms. The van der Waals surface area contributed by atoms with Crippen molar-refractivity contribution in [3.8, 4) is 5.75 Å². The number of aromatic nitrogens is 1. The molecule has 0 fully saturated rings. The first-order chi connectivity index (χ1) is 11.2. The number of nitrogens with one attached hydrogen (secondary N) is 1. The Balaban J connectivity index is 1.93. The zero-order valence-electron chi connectivity index (χ0n) is 12.2. The van der Waals surface area contributed by atoms with E-state index in [0.29, 0.717) is 20.5 Å². The molecule has 0 spiro atoms. The number of thiophene rings is 1. The summed E-state index contributed by atoms with van der Waals surface area (Å²) in [7, 11) is 1.57. The fraction of sp³-hybridized carbons (Fsp3) is 0.0588. The van der Waals surface area contributed by atoms with Gasteiger partial charge in [-0.1, -0.05) is 6.07 Å². The van der Waals surface area contributed by atoms with Crippen LogP contribution >= 0.6 is 22.7 Å². The Bertz CT molecular complexity index is 980. The van der Waals surface area contributed by atoms with Gasteiger partial charge in [-0.2, -0.15) is 0 Å². The molecule has 0 atom stereocenters. The van der Waals surface area contributed by atoms with Gasteiger partial charge in [0.05, 0.1) is 16.3 Å². The topological polar surface area (TPSA) is 59.2 Å². The lowest BCUT2D eigenvalue weighted by Crippen LogP contribution is -2.19. The molecule has 4 nitrogen and oxygen atoms in total. The Labute approximate surface area is 140 Å². The van der Waals surface area contributed by atoms with Crippen LogP contribution in [0.3, 0.4) is 0 Å². The average Bonchev–Trinajstić information content (AvgIpc) is 3.18. The van der Waals surface area contributed by atoms with Crippen molar-refractivity contribution in [2.24, 2.45) is 0 Å². The number of hydrogen-bond donors (Lipinski definition) is 1. The van der Waals surface area contributed by atoms with E-state index < -0.39 is 0 Å². The zero-order valence-corrected chi connectivity index (χ0v) is 13.9. The number of H-pyrrole nitrogens is 1. The highest BCUT2D eigenvalue weighted by molar-refractivity contribution is 7.11. The average molecular weight is 343 g/mol. The molecular formula is C17H13NO3S2. The smallest absolute Gasteiger partial charge is 0.266 e. The summed E-state index contributed by atoms with van der Waals surface area (Å²) in [6.07, 6.45) is 3.27. The first kappa shape index (κ1) is 15.5. The van der Waals surface area contributed by atoms with Crippen LogP contribution in [-0.2, 0) is 0 Å². The van der Waals surface area contributed by atoms with Crippen LogP contribution in [-0.4, -0.2) is 17.9 Å². The number of carbonyl (C=O) groups excluding carboxylic acids is 1. The number of benzene rings is 1. The van der Waals surface area contributed by atoms with E-state index in [-0.39, 0.29) is 11.3 Å². The van der Waals surface area contributed by atoms with Crippen molar-refractivity contribution in [3.63, 3.8) is 0 Å². The third-order valence-electron chi connectivity index (χ3n) is 3.13. The lowest BCUT2D eigenvalue weighted by Gasteiger charge is -1.99. The number of ether oxygens (including phenoxy) is 1. The van der Waals surface area contributed by atoms with E-state index in [9.17, 15) is 9.59 Å². The minimum absolute atomic E-state index is 0.159. The Morgan fingerprint density at radius 2 is 2.00 bits per heavy atom. The summed E-state index contributed by atoms with van der Waals surface area (Å²) in [5.74, 6) is 0.534. The molecule has 0 radical (unpaired) electrons. The van der Waals surface area contributed by atoms with Gasteiger partial charge in [0.25, 0.3) is 5.56 Å². The molecule has 2 heterocycles. The summed E-state index contributed by atoms with van der Waals surface area (Å²) < 4.78 is 6.19. The van der Waals surface area contributed by atoms with E-state index in [0.717, 1.165) is 4.88 Å². The highest BCUT2D eigenvalue weighted by Crippen LogP contribution is 2.12. The summed E-state index contributed by atoms with van der Waals surface area (Å²) in [5.41, 5.74) is 0.362. The van der Waals surface area contributed by atoms with Gasteiger partial charge in [0.2, 0.25) is 0 Å². The molecular weight excluding hydrogens is 330 g/mol. The molecule has 3 rings (SSSR count). The standard InChI is InChI=1S/C17H13NO3S2/c1-21-12-6-4-11(5-7-12)14(19)10-16-18-17(20)15(23-16)9-13-3-2-8-22-13/h2-10H,1H3,(H,18,20). The van der Waals surface area contributed by atoms with E-state index in [1.807, 2.05) is 23.6 Å². The largest absolute Gasteiger partial charge is 0.497 e. The Hall–Kier alpha value is -2.44. The molecule has 116 valence electrons. The van der Waals surface area contributed by atoms with E-state index in [1.54, 1.807) is 42.7 Å². The predicted octanol–water partition coefficient (Wildman–Crippen LogP) is 2.00. The molecule has 0 aliphatic heterocycles. The molecule has 0 bridgehead atoms. The summed E-state index contributed by atoms with van der Waals surface area (Å²) in [6.45, 7) is 0. The monoisotopic (exact) mass is 343 g/mol. The molecule has 1 N–H and O–H groups in total. The van der Waals surface area contributed by atoms with E-state index in [2.05, 4.69) is 4.98 Å². The first-order valence-electron chi connectivity index (χ1n) is 6.80. The van der Waals surface area contributed by atoms with Crippen LogP contribution in [0.15, 0.2) is 46.6 Å². The Morgan fingerprint density at radius 1 is 1.22 bits per heavy atom. The second kappa shape index (κ2) is 6.76. The summed E-state index contributed by atoms with van der Waals surface area (Å²) in [5, 5.41) is 1.95. The van der Waals surface area contributed by atoms with Gasteiger partial charge in [0.1, 0.15) is 5.75 Å². The van der Waals surface area contributed by atoms with Crippen molar-refractivity contribution in [2.75, 3.05) is 7.11 Å². The number of ketones is 1. The van der Waals surface area contributed by atoms with Crippen molar-refractivity contribution in [1.29, 1.82) is 0 Å². The molecule has 0 amide bonds. The van der Waals surface area contributed by atoms with Gasteiger partial charge >= 0.3 is 0 Å². The molecule has 3 aromatic rings. The number of aromatic amines is 1. The lowest BCUT2D eigenvalue weighted by atomic mass is 10.1. The van der Waals surface area contributed by atoms with Crippen LogP contribution in [0.4, 0.5) is 0 Å². The maximum atomic E-state index is 12.2. The van der Waals surface area contributed by atoms with Crippen molar-refractivity contribution < 1.29 is 9.53 Å². The number of hydrogen-bond acceptors (Lipinski definition) is 5. The van der Waals surface area contributed by atoms with Crippen molar-refractivity contribution >= 4 is 40.6 Å². The minimum Gasteiger partial charge on any atom is -0.497 e. The Kier molecular flexibility index (Phi) is 4.55. The molecule has 0 saturated heterocycles. The number of methoxy groups -OCH3 is 1. The molecule has 0 aliphatic rings. The SMILES string of the molecule is COc1ccc(C(=O)C=c2[nH]c(=O)c(=Cc3cccs3)s2)cc1. The van der Waals surface area contributed by atoms with E-state index in [4.69, 9.17) is 4.74 Å². The normalized spacial score (nSPS) is 12.6. The lowest BCUT2D eigenvalue weighted by molar-refractivity contribution is 0.106. The molecule has 0 unspecified atom stereocenters. The molecule has 0 saturated carbocycles. The van der Waals surface area contributed by atoms with Crippen LogP contribution in [0.5, 0.6) is 5.75 Å². The maximum Gasteiger partial charge on any atom is 0.266 e. The predicted molar refractivity (Wildman–Crippen MR) is 93.9 cm³/mol. The molecule has 0 aliphatic carbocycles. The third-order valence-corrected chi connectivity index (χ3v) is 4.92. The molecule has 2 aromatic heterocycles. The van der Waals surface area contributed by atoms with Gasteiger partial charge in [-0.3, -0.25) is 9.59 Å². The van der Waals surface area contributed by atoms with Crippen LogP contribution in [0.1, 0.15) is 15.2 Å². The van der Waals surface area contributed by atoms with Gasteiger partial charge in [0, 0.05) is 16.5 Å². The first-order valence-corrected chi connectivity index (χ1v) is 8.50. The third kappa shape index (κ3) is 3.67. The van der Waals surface area contributed by atoms with E-state index in [1.165, 1.54) is 17.4 Å². The Morgan fingerprint density at radius 3 is 2.65 bits per heavy atom. The quantitative estimate of drug-likeness (QED) is 0.737. The maximum absolute atomic E-state index is 12.2. The number of Topliss-reactive ketones (excluding diaryl/α,β-unsaturated/α-hetero) is 1. The second-order valence-electron chi connectivity index (χ2n) is 4.68. The van der Waals surface area contributed by atoms with Gasteiger partial charge in [-0.25, -0.2) is 0 Å². The van der Waals surface area contributed by atoms with Crippen LogP contribution in [0.25, 0.3) is 12.2 Å². The fourth-order valence-electron chi connectivity index (χ4n) is 1.98.